The number of imidazole rings is 1. The molecule has 2 rings (SSSR count). The van der Waals surface area contributed by atoms with E-state index in [9.17, 15) is 0 Å². The van der Waals surface area contributed by atoms with Gasteiger partial charge >= 0.3 is 0 Å². The largest absolute Gasteiger partial charge is 0.360 e. The Morgan fingerprint density at radius 2 is 2.05 bits per heavy atom. The summed E-state index contributed by atoms with van der Waals surface area (Å²) in [7, 11) is 0. The lowest BCUT2D eigenvalue weighted by Crippen LogP contribution is -2.18. The molecule has 0 radical (unpaired) electrons. The van der Waals surface area contributed by atoms with Gasteiger partial charge in [-0.25, -0.2) is 15.0 Å². The summed E-state index contributed by atoms with van der Waals surface area (Å²) in [6, 6.07) is 1.93. The van der Waals surface area contributed by atoms with Crippen molar-refractivity contribution in [1.29, 1.82) is 0 Å². The number of anilines is 1. The Bertz CT molecular complexity index is 545. The molecule has 0 saturated heterocycles. The van der Waals surface area contributed by atoms with Crippen LogP contribution in [0.2, 0.25) is 0 Å². The second-order valence-corrected chi connectivity index (χ2v) is 6.30. The van der Waals surface area contributed by atoms with Crippen LogP contribution in [-0.2, 0) is 5.41 Å². The van der Waals surface area contributed by atoms with E-state index in [0.717, 1.165) is 22.1 Å². The number of nitrogens with one attached hydrogen (secondary N) is 2. The third kappa shape index (κ3) is 3.53. The predicted octanol–water partition coefficient (Wildman–Crippen LogP) is 3.43. The normalized spacial score (nSPS) is 13.3. The van der Waals surface area contributed by atoms with Gasteiger partial charge < -0.3 is 10.3 Å². The molecule has 102 valence electrons. The highest BCUT2D eigenvalue weighted by atomic mass is 79.9. The topological polar surface area (TPSA) is 66.5 Å². The van der Waals surface area contributed by atoms with Gasteiger partial charge in [0.1, 0.15) is 22.1 Å². The van der Waals surface area contributed by atoms with Crippen molar-refractivity contribution < 1.29 is 0 Å². The molecule has 0 aliphatic heterocycles. The van der Waals surface area contributed by atoms with Crippen LogP contribution >= 0.6 is 15.9 Å². The van der Waals surface area contributed by atoms with E-state index >= 15 is 0 Å². The zero-order valence-corrected chi connectivity index (χ0v) is 13.1. The first-order chi connectivity index (χ1) is 8.86. The molecule has 0 fully saturated rings. The van der Waals surface area contributed by atoms with Crippen molar-refractivity contribution in [3.8, 4) is 0 Å². The van der Waals surface area contributed by atoms with Gasteiger partial charge in [0.05, 0.1) is 6.04 Å². The van der Waals surface area contributed by atoms with E-state index in [0.29, 0.717) is 0 Å². The van der Waals surface area contributed by atoms with E-state index in [1.807, 2.05) is 19.2 Å². The summed E-state index contributed by atoms with van der Waals surface area (Å²) in [5.41, 5.74) is -0.0892. The van der Waals surface area contributed by atoms with Crippen molar-refractivity contribution in [1.82, 2.24) is 19.9 Å². The lowest BCUT2D eigenvalue weighted by Gasteiger charge is -2.19. The number of aromatic amines is 1. The molecule has 2 heterocycles. The van der Waals surface area contributed by atoms with Gasteiger partial charge in [0.25, 0.3) is 0 Å². The molecule has 1 atom stereocenters. The second kappa shape index (κ2) is 5.28. The SMILES string of the molecule is CC(Nc1cc(Br)nc(C(C)(C)C)n1)c1ncc[nH]1. The highest BCUT2D eigenvalue weighted by Gasteiger charge is 2.19. The molecule has 0 saturated carbocycles. The summed E-state index contributed by atoms with van der Waals surface area (Å²) < 4.78 is 0.779. The summed E-state index contributed by atoms with van der Waals surface area (Å²) in [5, 5.41) is 3.32. The molecule has 2 aromatic rings. The van der Waals surface area contributed by atoms with Crippen molar-refractivity contribution >= 4 is 21.7 Å². The number of hydrogen-bond donors (Lipinski definition) is 2. The molecule has 0 spiro atoms. The van der Waals surface area contributed by atoms with Crippen LogP contribution in [0.1, 0.15) is 45.4 Å². The van der Waals surface area contributed by atoms with Crippen molar-refractivity contribution in [2.45, 2.75) is 39.2 Å². The molecule has 0 amide bonds. The average Bonchev–Trinajstić information content (AvgIpc) is 2.80. The van der Waals surface area contributed by atoms with Gasteiger partial charge in [-0.05, 0) is 22.9 Å². The van der Waals surface area contributed by atoms with Crippen LogP contribution in [-0.4, -0.2) is 19.9 Å². The van der Waals surface area contributed by atoms with Gasteiger partial charge in [-0.1, -0.05) is 20.8 Å². The first kappa shape index (κ1) is 14.0. The zero-order chi connectivity index (χ0) is 14.0. The molecule has 0 aromatic carbocycles. The molecule has 5 nitrogen and oxygen atoms in total. The van der Waals surface area contributed by atoms with E-state index < -0.39 is 0 Å². The molecule has 19 heavy (non-hydrogen) atoms. The smallest absolute Gasteiger partial charge is 0.137 e. The minimum absolute atomic E-state index is 0.0598. The van der Waals surface area contributed by atoms with E-state index in [4.69, 9.17) is 0 Å². The molecular formula is C13H18BrN5. The fourth-order valence-corrected chi connectivity index (χ4v) is 2.02. The van der Waals surface area contributed by atoms with Crippen LogP contribution in [0.4, 0.5) is 5.82 Å². The summed E-state index contributed by atoms with van der Waals surface area (Å²) in [4.78, 5) is 16.3. The van der Waals surface area contributed by atoms with Crippen molar-refractivity contribution in [2.24, 2.45) is 0 Å². The number of halogens is 1. The standard InChI is InChI=1S/C13H18BrN5/c1-8(11-15-5-6-16-11)17-10-7-9(14)18-12(19-10)13(2,3)4/h5-8H,1-4H3,(H,15,16)(H,17,18,19). The predicted molar refractivity (Wildman–Crippen MR) is 79.1 cm³/mol. The van der Waals surface area contributed by atoms with Crippen LogP contribution in [0, 0.1) is 0 Å². The van der Waals surface area contributed by atoms with Gasteiger partial charge in [0.15, 0.2) is 0 Å². The quantitative estimate of drug-likeness (QED) is 0.849. The summed E-state index contributed by atoms with van der Waals surface area (Å²) in [6.45, 7) is 8.31. The third-order valence-corrected chi connectivity index (χ3v) is 3.07. The second-order valence-electron chi connectivity index (χ2n) is 5.49. The van der Waals surface area contributed by atoms with E-state index in [1.165, 1.54) is 0 Å². The highest BCUT2D eigenvalue weighted by molar-refractivity contribution is 9.10. The third-order valence-electron chi connectivity index (χ3n) is 2.66. The first-order valence-corrected chi connectivity index (χ1v) is 6.96. The van der Waals surface area contributed by atoms with Crippen LogP contribution in [0.15, 0.2) is 23.1 Å². The maximum absolute atomic E-state index is 4.56. The summed E-state index contributed by atoms with van der Waals surface area (Å²) in [5.74, 6) is 2.47. The molecule has 6 heteroatoms. The van der Waals surface area contributed by atoms with E-state index in [-0.39, 0.29) is 11.5 Å². The zero-order valence-electron chi connectivity index (χ0n) is 11.5. The van der Waals surface area contributed by atoms with Crippen LogP contribution < -0.4 is 5.32 Å². The van der Waals surface area contributed by atoms with E-state index in [2.05, 4.69) is 62.0 Å². The Morgan fingerprint density at radius 1 is 1.32 bits per heavy atom. The number of aromatic nitrogens is 4. The molecule has 0 aliphatic rings. The highest BCUT2D eigenvalue weighted by Crippen LogP contribution is 2.24. The Kier molecular flexibility index (Phi) is 3.89. The van der Waals surface area contributed by atoms with Gasteiger partial charge in [0, 0.05) is 23.9 Å². The molecule has 2 N–H and O–H groups in total. The molecular weight excluding hydrogens is 306 g/mol. The maximum Gasteiger partial charge on any atom is 0.137 e. The average molecular weight is 324 g/mol. The maximum atomic E-state index is 4.56. The molecule has 2 aromatic heterocycles. The minimum atomic E-state index is -0.0892. The lowest BCUT2D eigenvalue weighted by molar-refractivity contribution is 0.543. The number of hydrogen-bond acceptors (Lipinski definition) is 4. The Hall–Kier alpha value is -1.43. The Balaban J connectivity index is 2.23. The Labute approximate surface area is 121 Å². The van der Waals surface area contributed by atoms with Crippen molar-refractivity contribution in [3.63, 3.8) is 0 Å². The van der Waals surface area contributed by atoms with Crippen molar-refractivity contribution in [3.05, 3.63) is 34.7 Å². The number of rotatable bonds is 3. The van der Waals surface area contributed by atoms with Gasteiger partial charge in [-0.2, -0.15) is 0 Å². The fraction of sp³-hybridized carbons (Fsp3) is 0.462. The first-order valence-electron chi connectivity index (χ1n) is 6.17. The van der Waals surface area contributed by atoms with Gasteiger partial charge in [0.2, 0.25) is 0 Å². The monoisotopic (exact) mass is 323 g/mol. The van der Waals surface area contributed by atoms with Crippen LogP contribution in [0.25, 0.3) is 0 Å². The number of nitrogens with zero attached hydrogens (tertiary/aromatic N) is 3. The molecule has 1 unspecified atom stereocenters. The van der Waals surface area contributed by atoms with Crippen LogP contribution in [0.5, 0.6) is 0 Å². The van der Waals surface area contributed by atoms with Crippen molar-refractivity contribution in [2.75, 3.05) is 5.32 Å². The number of H-pyrrole nitrogens is 1. The summed E-state index contributed by atoms with van der Waals surface area (Å²) in [6.07, 6.45) is 3.55. The van der Waals surface area contributed by atoms with Gasteiger partial charge in [-0.3, -0.25) is 0 Å². The minimum Gasteiger partial charge on any atom is -0.360 e. The van der Waals surface area contributed by atoms with Crippen LogP contribution in [0.3, 0.4) is 0 Å². The Morgan fingerprint density at radius 3 is 2.63 bits per heavy atom. The molecule has 0 bridgehead atoms. The fourth-order valence-electron chi connectivity index (χ4n) is 1.63. The molecule has 0 aliphatic carbocycles. The van der Waals surface area contributed by atoms with E-state index in [1.54, 1.807) is 6.20 Å². The summed E-state index contributed by atoms with van der Waals surface area (Å²) >= 11 is 3.43. The lowest BCUT2D eigenvalue weighted by atomic mass is 9.96. The van der Waals surface area contributed by atoms with Gasteiger partial charge in [-0.15, -0.1) is 0 Å².